The first kappa shape index (κ1) is 13.8. The van der Waals surface area contributed by atoms with E-state index in [1.165, 1.54) is 12.1 Å². The van der Waals surface area contributed by atoms with Crippen molar-refractivity contribution in [2.24, 2.45) is 5.73 Å². The zero-order valence-electron chi connectivity index (χ0n) is 10.6. The molecule has 0 aliphatic rings. The lowest BCUT2D eigenvalue weighted by Gasteiger charge is -2.06. The van der Waals surface area contributed by atoms with Gasteiger partial charge in [-0.25, -0.2) is 9.37 Å². The van der Waals surface area contributed by atoms with Crippen LogP contribution in [0, 0.1) is 17.7 Å². The van der Waals surface area contributed by atoms with Gasteiger partial charge >= 0.3 is 0 Å². The van der Waals surface area contributed by atoms with Crippen molar-refractivity contribution in [3.8, 4) is 11.8 Å². The molecule has 1 aromatic heterocycles. The summed E-state index contributed by atoms with van der Waals surface area (Å²) in [5.74, 6) is 5.10. The van der Waals surface area contributed by atoms with E-state index in [4.69, 9.17) is 5.73 Å². The molecule has 20 heavy (non-hydrogen) atoms. The lowest BCUT2D eigenvalue weighted by Crippen LogP contribution is -2.24. The fourth-order valence-electron chi connectivity index (χ4n) is 1.61. The van der Waals surface area contributed by atoms with Crippen molar-refractivity contribution >= 4 is 5.91 Å². The quantitative estimate of drug-likeness (QED) is 0.722. The zero-order chi connectivity index (χ0) is 14.4. The molecule has 4 N–H and O–H groups in total. The lowest BCUT2D eigenvalue weighted by molar-refractivity contribution is 0.0949. The number of nitrogens with two attached hydrogens (primary N) is 1. The number of imidazole rings is 1. The molecule has 1 amide bonds. The third kappa shape index (κ3) is 3.43. The Balaban J connectivity index is 2.17. The molecule has 0 radical (unpaired) electrons. The van der Waals surface area contributed by atoms with Gasteiger partial charge in [0.2, 0.25) is 0 Å². The molecule has 2 rings (SSSR count). The Hall–Kier alpha value is -2.65. The summed E-state index contributed by atoms with van der Waals surface area (Å²) in [6.45, 7) is 0.400. The minimum atomic E-state index is -0.494. The number of aromatic amines is 1. The topological polar surface area (TPSA) is 83.8 Å². The highest BCUT2D eigenvalue weighted by molar-refractivity contribution is 5.96. The summed E-state index contributed by atoms with van der Waals surface area (Å²) in [5, 5.41) is 2.65. The molecule has 0 saturated heterocycles. The van der Waals surface area contributed by atoms with Crippen molar-refractivity contribution in [2.45, 2.75) is 6.54 Å². The second kappa shape index (κ2) is 6.50. The largest absolute Gasteiger partial charge is 0.347 e. The molecule has 1 aromatic carbocycles. The highest BCUT2D eigenvalue weighted by Crippen LogP contribution is 2.10. The smallest absolute Gasteiger partial charge is 0.253 e. The summed E-state index contributed by atoms with van der Waals surface area (Å²) in [5.41, 5.74) is 5.91. The van der Waals surface area contributed by atoms with Gasteiger partial charge in [0.1, 0.15) is 11.6 Å². The van der Waals surface area contributed by atoms with Crippen molar-refractivity contribution < 1.29 is 9.18 Å². The Bertz CT molecular complexity index is 656. The fourth-order valence-corrected chi connectivity index (χ4v) is 1.61. The first-order valence-corrected chi connectivity index (χ1v) is 5.95. The van der Waals surface area contributed by atoms with Crippen LogP contribution in [0.25, 0.3) is 0 Å². The van der Waals surface area contributed by atoms with Gasteiger partial charge < -0.3 is 16.0 Å². The van der Waals surface area contributed by atoms with Crippen LogP contribution in [0.1, 0.15) is 21.7 Å². The molecule has 0 aliphatic heterocycles. The number of hydrogen-bond donors (Lipinski definition) is 3. The Kier molecular flexibility index (Phi) is 4.47. The molecule has 0 bridgehead atoms. The molecule has 5 nitrogen and oxygen atoms in total. The van der Waals surface area contributed by atoms with Crippen LogP contribution in [0.5, 0.6) is 0 Å². The van der Waals surface area contributed by atoms with Gasteiger partial charge in [-0.2, -0.15) is 0 Å². The number of hydrogen-bond acceptors (Lipinski definition) is 3. The molecule has 0 unspecified atom stereocenters. The van der Waals surface area contributed by atoms with Gasteiger partial charge in [0, 0.05) is 18.0 Å². The van der Waals surface area contributed by atoms with Gasteiger partial charge in [-0.3, -0.25) is 4.79 Å². The number of H-pyrrole nitrogens is 1. The maximum atomic E-state index is 13.3. The first-order chi connectivity index (χ1) is 9.70. The number of aromatic nitrogens is 2. The van der Waals surface area contributed by atoms with Crippen LogP contribution >= 0.6 is 0 Å². The Morgan fingerprint density at radius 3 is 3.05 bits per heavy atom. The third-order valence-electron chi connectivity index (χ3n) is 2.52. The maximum absolute atomic E-state index is 13.3. The van der Waals surface area contributed by atoms with E-state index in [0.717, 1.165) is 6.07 Å². The Morgan fingerprint density at radius 1 is 1.50 bits per heavy atom. The van der Waals surface area contributed by atoms with Crippen molar-refractivity contribution in [1.29, 1.82) is 0 Å². The van der Waals surface area contributed by atoms with E-state index in [0.29, 0.717) is 11.4 Å². The molecule has 1 heterocycles. The predicted octanol–water partition coefficient (Wildman–Crippen LogP) is 0.789. The van der Waals surface area contributed by atoms with E-state index in [1.807, 2.05) is 0 Å². The normalized spacial score (nSPS) is 9.70. The van der Waals surface area contributed by atoms with E-state index in [9.17, 15) is 9.18 Å². The van der Waals surface area contributed by atoms with Crippen LogP contribution in [0.4, 0.5) is 4.39 Å². The highest BCUT2D eigenvalue weighted by atomic mass is 19.1. The Labute approximate surface area is 115 Å². The number of carbonyl (C=O) groups is 1. The molecule has 6 heteroatoms. The molecule has 0 spiro atoms. The summed E-state index contributed by atoms with van der Waals surface area (Å²) >= 11 is 0. The lowest BCUT2D eigenvalue weighted by atomic mass is 10.1. The number of halogens is 1. The molecule has 102 valence electrons. The maximum Gasteiger partial charge on any atom is 0.253 e. The standard InChI is InChI=1S/C14H13FN4O/c15-11-4-3-10(2-1-5-16)12(8-11)14(20)19-9-13-17-6-7-18-13/h3-4,6-8H,5,9,16H2,(H,17,18)(H,19,20). The minimum absolute atomic E-state index is 0.171. The SMILES string of the molecule is NCC#Cc1ccc(F)cc1C(=O)NCc1ncc[nH]1. The van der Waals surface area contributed by atoms with Gasteiger partial charge in [0.05, 0.1) is 18.7 Å². The molecule has 0 fully saturated rings. The van der Waals surface area contributed by atoms with Crippen LogP contribution in [-0.2, 0) is 6.54 Å². The summed E-state index contributed by atoms with van der Waals surface area (Å²) in [4.78, 5) is 18.9. The van der Waals surface area contributed by atoms with Gasteiger partial charge in [-0.15, -0.1) is 0 Å². The van der Waals surface area contributed by atoms with Gasteiger partial charge in [0.25, 0.3) is 5.91 Å². The fraction of sp³-hybridized carbons (Fsp3) is 0.143. The van der Waals surface area contributed by atoms with E-state index < -0.39 is 11.7 Å². The number of nitrogens with one attached hydrogen (secondary N) is 2. The second-order valence-electron chi connectivity index (χ2n) is 3.91. The summed E-state index contributed by atoms with van der Waals surface area (Å²) in [6.07, 6.45) is 3.24. The van der Waals surface area contributed by atoms with Crippen molar-refractivity contribution in [3.63, 3.8) is 0 Å². The molecule has 2 aromatic rings. The summed E-state index contributed by atoms with van der Waals surface area (Å²) in [7, 11) is 0. The summed E-state index contributed by atoms with van der Waals surface area (Å²) in [6, 6.07) is 3.86. The monoisotopic (exact) mass is 272 g/mol. The zero-order valence-corrected chi connectivity index (χ0v) is 10.6. The van der Waals surface area contributed by atoms with Crippen molar-refractivity contribution in [1.82, 2.24) is 15.3 Å². The van der Waals surface area contributed by atoms with E-state index >= 15 is 0 Å². The average Bonchev–Trinajstić information content (AvgIpc) is 2.96. The summed E-state index contributed by atoms with van der Waals surface area (Å²) < 4.78 is 13.3. The van der Waals surface area contributed by atoms with Crippen molar-refractivity contribution in [3.05, 3.63) is 53.4 Å². The van der Waals surface area contributed by atoms with E-state index in [1.54, 1.807) is 12.4 Å². The van der Waals surface area contributed by atoms with Gasteiger partial charge in [-0.05, 0) is 18.2 Å². The number of rotatable bonds is 3. The van der Waals surface area contributed by atoms with Gasteiger partial charge in [0.15, 0.2) is 0 Å². The third-order valence-corrected chi connectivity index (χ3v) is 2.52. The molecule has 0 atom stereocenters. The van der Waals surface area contributed by atoms with Gasteiger partial charge in [-0.1, -0.05) is 11.8 Å². The highest BCUT2D eigenvalue weighted by Gasteiger charge is 2.11. The van der Waals surface area contributed by atoms with E-state index in [2.05, 4.69) is 27.1 Å². The van der Waals surface area contributed by atoms with E-state index in [-0.39, 0.29) is 18.7 Å². The second-order valence-corrected chi connectivity index (χ2v) is 3.91. The average molecular weight is 272 g/mol. The Morgan fingerprint density at radius 2 is 2.35 bits per heavy atom. The van der Waals surface area contributed by atoms with Crippen LogP contribution in [0.15, 0.2) is 30.6 Å². The number of nitrogens with zero attached hydrogens (tertiary/aromatic N) is 1. The minimum Gasteiger partial charge on any atom is -0.347 e. The molecule has 0 saturated carbocycles. The molecular weight excluding hydrogens is 259 g/mol. The first-order valence-electron chi connectivity index (χ1n) is 5.95. The van der Waals surface area contributed by atoms with Crippen LogP contribution < -0.4 is 11.1 Å². The number of carbonyl (C=O) groups excluding carboxylic acids is 1. The molecule has 0 aliphatic carbocycles. The molecular formula is C14H13FN4O. The number of benzene rings is 1. The van der Waals surface area contributed by atoms with Crippen LogP contribution in [0.3, 0.4) is 0 Å². The van der Waals surface area contributed by atoms with Crippen molar-refractivity contribution in [2.75, 3.05) is 6.54 Å². The van der Waals surface area contributed by atoms with Crippen LogP contribution in [0.2, 0.25) is 0 Å². The van der Waals surface area contributed by atoms with Crippen LogP contribution in [-0.4, -0.2) is 22.4 Å². The number of amides is 1. The predicted molar refractivity (Wildman–Crippen MR) is 72.1 cm³/mol.